The minimum Gasteiger partial charge on any atom is -0.461 e. The van der Waals surface area contributed by atoms with Crippen LogP contribution in [0.4, 0.5) is 0 Å². The van der Waals surface area contributed by atoms with Gasteiger partial charge in [-0.3, -0.25) is 4.79 Å². The molecule has 1 aliphatic carbocycles. The van der Waals surface area contributed by atoms with Crippen LogP contribution < -0.4 is 0 Å². The van der Waals surface area contributed by atoms with Gasteiger partial charge in [-0.15, -0.1) is 0 Å². The van der Waals surface area contributed by atoms with Crippen molar-refractivity contribution < 1.29 is 9.53 Å². The molecule has 2 nitrogen and oxygen atoms in total. The van der Waals surface area contributed by atoms with E-state index in [0.717, 1.165) is 0 Å². The quantitative estimate of drug-likeness (QED) is 0.558. The lowest BCUT2D eigenvalue weighted by atomic mass is 9.90. The summed E-state index contributed by atoms with van der Waals surface area (Å²) in [5.41, 5.74) is 0.158. The van der Waals surface area contributed by atoms with Crippen LogP contribution >= 0.6 is 0 Å². The van der Waals surface area contributed by atoms with Gasteiger partial charge >= 0.3 is 5.97 Å². The fraction of sp³-hybridized carbons (Fsp3) is 0.900. The predicted molar refractivity (Wildman–Crippen MR) is 45.5 cm³/mol. The van der Waals surface area contributed by atoms with Crippen LogP contribution in [0.2, 0.25) is 0 Å². The van der Waals surface area contributed by atoms with Crippen LogP contribution in [-0.2, 0) is 9.53 Å². The molecule has 0 spiro atoms. The number of hydrogen-bond acceptors (Lipinski definition) is 2. The van der Waals surface area contributed by atoms with Crippen LogP contribution in [0.3, 0.4) is 0 Å². The number of rotatable bonds is 1. The van der Waals surface area contributed by atoms with Gasteiger partial charge in [-0.25, -0.2) is 0 Å². The highest BCUT2D eigenvalue weighted by Crippen LogP contribution is 2.66. The molecule has 4 atom stereocenters. The van der Waals surface area contributed by atoms with Gasteiger partial charge in [-0.05, 0) is 11.8 Å². The maximum Gasteiger partial charge on any atom is 0.310 e. The number of carbonyl (C=O) groups excluding carboxylic acids is 1. The first-order chi connectivity index (χ1) is 5.49. The molecule has 0 aromatic carbocycles. The van der Waals surface area contributed by atoms with Crippen LogP contribution in [-0.4, -0.2) is 12.1 Å². The highest BCUT2D eigenvalue weighted by Gasteiger charge is 2.73. The molecule has 0 aromatic rings. The van der Waals surface area contributed by atoms with Gasteiger partial charge in [0.05, 0.1) is 5.92 Å². The van der Waals surface area contributed by atoms with Crippen LogP contribution in [0.25, 0.3) is 0 Å². The van der Waals surface area contributed by atoms with E-state index in [1.165, 1.54) is 0 Å². The molecule has 2 aliphatic rings. The first kappa shape index (κ1) is 8.09. The van der Waals surface area contributed by atoms with E-state index < -0.39 is 0 Å². The minimum absolute atomic E-state index is 0.0312. The van der Waals surface area contributed by atoms with E-state index in [1.54, 1.807) is 0 Å². The molecule has 2 heteroatoms. The van der Waals surface area contributed by atoms with Crippen molar-refractivity contribution in [1.82, 2.24) is 0 Å². The lowest BCUT2D eigenvalue weighted by Gasteiger charge is -2.23. The van der Waals surface area contributed by atoms with Gasteiger partial charge in [0.2, 0.25) is 0 Å². The summed E-state index contributed by atoms with van der Waals surface area (Å²) in [6.07, 6.45) is 0.157. The van der Waals surface area contributed by atoms with Crippen molar-refractivity contribution in [2.45, 2.75) is 33.8 Å². The molecule has 0 bridgehead atoms. The Hall–Kier alpha value is -0.530. The third-order valence-corrected chi connectivity index (χ3v) is 3.76. The molecule has 68 valence electrons. The molecule has 0 radical (unpaired) electrons. The number of hydrogen-bond donors (Lipinski definition) is 0. The van der Waals surface area contributed by atoms with Crippen molar-refractivity contribution in [2.24, 2.45) is 23.2 Å². The first-order valence-electron chi connectivity index (χ1n) is 4.70. The largest absolute Gasteiger partial charge is 0.461 e. The molecular weight excluding hydrogens is 152 g/mol. The van der Waals surface area contributed by atoms with Gasteiger partial charge in [-0.2, -0.15) is 0 Å². The molecule has 2 rings (SSSR count). The molecule has 1 saturated heterocycles. The molecular formula is C10H16O2. The Morgan fingerprint density at radius 3 is 2.33 bits per heavy atom. The Morgan fingerprint density at radius 2 is 2.08 bits per heavy atom. The van der Waals surface area contributed by atoms with Crippen molar-refractivity contribution in [3.8, 4) is 0 Å². The third kappa shape index (κ3) is 0.686. The Labute approximate surface area is 73.3 Å². The zero-order valence-corrected chi connectivity index (χ0v) is 8.13. The fourth-order valence-corrected chi connectivity index (χ4v) is 2.83. The summed E-state index contributed by atoms with van der Waals surface area (Å²) in [6, 6.07) is 0. The number of esters is 1. The zero-order chi connectivity index (χ0) is 9.09. The topological polar surface area (TPSA) is 26.3 Å². The van der Waals surface area contributed by atoms with Crippen molar-refractivity contribution >= 4 is 5.97 Å². The van der Waals surface area contributed by atoms with E-state index in [4.69, 9.17) is 4.74 Å². The van der Waals surface area contributed by atoms with E-state index in [-0.39, 0.29) is 23.4 Å². The maximum absolute atomic E-state index is 11.3. The second-order valence-electron chi connectivity index (χ2n) is 4.73. The molecule has 0 N–H and O–H groups in total. The van der Waals surface area contributed by atoms with Crippen LogP contribution in [0.15, 0.2) is 0 Å². The van der Waals surface area contributed by atoms with Gasteiger partial charge in [-0.1, -0.05) is 27.7 Å². The standard InChI is InChI=1S/C10H16O2/c1-5(2)8-10(4)6(3)7(10)9(11)12-8/h5-8H,1-4H3. The molecule has 1 saturated carbocycles. The maximum atomic E-state index is 11.3. The van der Waals surface area contributed by atoms with Gasteiger partial charge in [0.15, 0.2) is 0 Å². The average molecular weight is 168 g/mol. The number of carbonyl (C=O) groups is 1. The summed E-state index contributed by atoms with van der Waals surface area (Å²) in [7, 11) is 0. The Balaban J connectivity index is 2.25. The number of fused-ring (bicyclic) bond motifs is 1. The SMILES string of the molecule is CC(C)C1OC(=O)C2C(C)C12C. The van der Waals surface area contributed by atoms with Crippen molar-refractivity contribution in [3.05, 3.63) is 0 Å². The van der Waals surface area contributed by atoms with Gasteiger partial charge in [0, 0.05) is 5.41 Å². The summed E-state index contributed by atoms with van der Waals surface area (Å²) in [5.74, 6) is 1.22. The van der Waals surface area contributed by atoms with Gasteiger partial charge in [0.25, 0.3) is 0 Å². The van der Waals surface area contributed by atoms with E-state index in [9.17, 15) is 4.79 Å². The fourth-order valence-electron chi connectivity index (χ4n) is 2.83. The van der Waals surface area contributed by atoms with Crippen molar-refractivity contribution in [1.29, 1.82) is 0 Å². The summed E-state index contributed by atoms with van der Waals surface area (Å²) in [6.45, 7) is 8.57. The van der Waals surface area contributed by atoms with Gasteiger partial charge in [0.1, 0.15) is 6.10 Å². The van der Waals surface area contributed by atoms with Crippen LogP contribution in [0.1, 0.15) is 27.7 Å². The summed E-state index contributed by atoms with van der Waals surface area (Å²) in [5, 5.41) is 0. The second-order valence-corrected chi connectivity index (χ2v) is 4.73. The molecule has 1 aliphatic heterocycles. The highest BCUT2D eigenvalue weighted by molar-refractivity contribution is 5.81. The Bertz CT molecular complexity index is 234. The van der Waals surface area contributed by atoms with E-state index in [2.05, 4.69) is 27.7 Å². The predicted octanol–water partition coefficient (Wildman–Crippen LogP) is 1.84. The van der Waals surface area contributed by atoms with E-state index in [1.807, 2.05) is 0 Å². The lowest BCUT2D eigenvalue weighted by Crippen LogP contribution is -2.27. The van der Waals surface area contributed by atoms with E-state index in [0.29, 0.717) is 11.8 Å². The second kappa shape index (κ2) is 2.04. The lowest BCUT2D eigenvalue weighted by molar-refractivity contribution is -0.148. The van der Waals surface area contributed by atoms with Crippen molar-refractivity contribution in [2.75, 3.05) is 0 Å². The molecule has 1 heterocycles. The molecule has 0 aromatic heterocycles. The van der Waals surface area contributed by atoms with Crippen molar-refractivity contribution in [3.63, 3.8) is 0 Å². The normalized spacial score (nSPS) is 50.8. The zero-order valence-electron chi connectivity index (χ0n) is 8.13. The Kier molecular flexibility index (Phi) is 1.37. The third-order valence-electron chi connectivity index (χ3n) is 3.76. The number of ether oxygens (including phenoxy) is 1. The van der Waals surface area contributed by atoms with Crippen LogP contribution in [0, 0.1) is 23.2 Å². The number of cyclic esters (lactones) is 1. The molecule has 12 heavy (non-hydrogen) atoms. The summed E-state index contributed by atoms with van der Waals surface area (Å²) >= 11 is 0. The summed E-state index contributed by atoms with van der Waals surface area (Å²) in [4.78, 5) is 11.3. The van der Waals surface area contributed by atoms with Gasteiger partial charge < -0.3 is 4.74 Å². The van der Waals surface area contributed by atoms with E-state index >= 15 is 0 Å². The highest BCUT2D eigenvalue weighted by atomic mass is 16.6. The summed E-state index contributed by atoms with van der Waals surface area (Å²) < 4.78 is 5.32. The molecule has 2 fully saturated rings. The molecule has 4 unspecified atom stereocenters. The monoisotopic (exact) mass is 168 g/mol. The minimum atomic E-state index is 0.0312. The first-order valence-corrected chi connectivity index (χ1v) is 4.70. The molecule has 0 amide bonds. The van der Waals surface area contributed by atoms with Crippen LogP contribution in [0.5, 0.6) is 0 Å². The smallest absolute Gasteiger partial charge is 0.310 e. The Morgan fingerprint density at radius 1 is 1.50 bits per heavy atom. The average Bonchev–Trinajstić information content (AvgIpc) is 2.34.